The average Bonchev–Trinajstić information content (AvgIpc) is 2.75. The Kier molecular flexibility index (Phi) is 4.55. The van der Waals surface area contributed by atoms with E-state index in [0.717, 1.165) is 6.42 Å². The summed E-state index contributed by atoms with van der Waals surface area (Å²) in [5, 5.41) is 2.67. The zero-order chi connectivity index (χ0) is 14.8. The molecule has 3 amide bonds. The molecule has 0 unspecified atom stereocenters. The molecule has 1 heterocycles. The van der Waals surface area contributed by atoms with Gasteiger partial charge in [-0.15, -0.1) is 0 Å². The van der Waals surface area contributed by atoms with E-state index in [9.17, 15) is 14.4 Å². The van der Waals surface area contributed by atoms with Gasteiger partial charge < -0.3 is 16.0 Å². The number of amides is 3. The van der Waals surface area contributed by atoms with Gasteiger partial charge in [0.15, 0.2) is 0 Å². The molecule has 1 aliphatic rings. The minimum Gasteiger partial charge on any atom is -0.368 e. The van der Waals surface area contributed by atoms with Crippen LogP contribution < -0.4 is 11.1 Å². The van der Waals surface area contributed by atoms with E-state index in [4.69, 9.17) is 5.73 Å². The number of nitrogens with zero attached hydrogens (tertiary/aromatic N) is 1. The van der Waals surface area contributed by atoms with E-state index >= 15 is 0 Å². The molecule has 1 aliphatic heterocycles. The minimum atomic E-state index is -0.647. The summed E-state index contributed by atoms with van der Waals surface area (Å²) in [6, 6.07) is -1.19. The van der Waals surface area contributed by atoms with Crippen LogP contribution in [0.4, 0.5) is 0 Å². The number of hydrogen-bond acceptors (Lipinski definition) is 3. The van der Waals surface area contributed by atoms with Crippen molar-refractivity contribution >= 4 is 17.7 Å². The lowest BCUT2D eigenvalue weighted by molar-refractivity contribution is -0.141. The third kappa shape index (κ3) is 3.68. The highest BCUT2D eigenvalue weighted by Gasteiger charge is 2.35. The first-order valence-corrected chi connectivity index (χ1v) is 6.55. The normalized spacial score (nSPS) is 21.1. The minimum absolute atomic E-state index is 0.192. The van der Waals surface area contributed by atoms with E-state index in [1.807, 2.05) is 0 Å². The summed E-state index contributed by atoms with van der Waals surface area (Å²) < 4.78 is 0. The second-order valence-corrected chi connectivity index (χ2v) is 6.04. The van der Waals surface area contributed by atoms with Crippen LogP contribution in [0.25, 0.3) is 0 Å². The molecule has 6 heteroatoms. The van der Waals surface area contributed by atoms with Gasteiger partial charge in [0.25, 0.3) is 0 Å². The van der Waals surface area contributed by atoms with Crippen molar-refractivity contribution in [1.82, 2.24) is 10.2 Å². The van der Waals surface area contributed by atoms with Crippen molar-refractivity contribution in [2.24, 2.45) is 11.1 Å². The second kappa shape index (κ2) is 5.59. The highest BCUT2D eigenvalue weighted by Crippen LogP contribution is 2.18. The number of carbonyl (C=O) groups is 3. The third-order valence-electron chi connectivity index (χ3n) is 3.26. The molecule has 0 aromatic carbocycles. The maximum Gasteiger partial charge on any atom is 0.245 e. The Bertz CT molecular complexity index is 387. The molecule has 1 rings (SSSR count). The lowest BCUT2D eigenvalue weighted by atomic mass is 9.95. The van der Waals surface area contributed by atoms with Crippen LogP contribution in [0.3, 0.4) is 0 Å². The first-order chi connectivity index (χ1) is 8.64. The van der Waals surface area contributed by atoms with Gasteiger partial charge in [-0.1, -0.05) is 20.8 Å². The molecule has 0 spiro atoms. The zero-order valence-corrected chi connectivity index (χ0v) is 12.0. The van der Waals surface area contributed by atoms with Crippen LogP contribution in [-0.4, -0.2) is 41.2 Å². The number of rotatable bonds is 3. The molecule has 0 aromatic heterocycles. The number of likely N-dealkylation sites (tertiary alicyclic amines) is 1. The SMILES string of the molecule is C[C@H](NC(=O)C(C)(C)C)C(=O)N1CCC[C@H]1C(N)=O. The standard InChI is InChI=1S/C13H23N3O3/c1-8(15-12(19)13(2,3)4)11(18)16-7-5-6-9(16)10(14)17/h8-9H,5-7H2,1-4H3,(H2,14,17)(H,15,19)/t8-,9-/m0/s1. The first-order valence-electron chi connectivity index (χ1n) is 6.55. The molecule has 1 fully saturated rings. The van der Waals surface area contributed by atoms with Gasteiger partial charge in [0.2, 0.25) is 17.7 Å². The van der Waals surface area contributed by atoms with Crippen LogP contribution in [0.2, 0.25) is 0 Å². The smallest absolute Gasteiger partial charge is 0.245 e. The predicted molar refractivity (Wildman–Crippen MR) is 71.0 cm³/mol. The summed E-state index contributed by atoms with van der Waals surface area (Å²) in [5.41, 5.74) is 4.72. The van der Waals surface area contributed by atoms with Crippen LogP contribution in [0.1, 0.15) is 40.5 Å². The van der Waals surface area contributed by atoms with Gasteiger partial charge in [-0.2, -0.15) is 0 Å². The Labute approximate surface area is 113 Å². The molecule has 6 nitrogen and oxygen atoms in total. The Balaban J connectivity index is 2.67. The van der Waals surface area contributed by atoms with E-state index in [0.29, 0.717) is 13.0 Å². The van der Waals surface area contributed by atoms with Crippen molar-refractivity contribution in [3.63, 3.8) is 0 Å². The maximum atomic E-state index is 12.2. The zero-order valence-electron chi connectivity index (χ0n) is 12.0. The van der Waals surface area contributed by atoms with Crippen LogP contribution in [0.15, 0.2) is 0 Å². The van der Waals surface area contributed by atoms with E-state index in [1.165, 1.54) is 4.90 Å². The Morgan fingerprint density at radius 2 is 1.89 bits per heavy atom. The fraction of sp³-hybridized carbons (Fsp3) is 0.769. The second-order valence-electron chi connectivity index (χ2n) is 6.04. The van der Waals surface area contributed by atoms with Crippen molar-refractivity contribution < 1.29 is 14.4 Å². The number of nitrogens with two attached hydrogens (primary N) is 1. The van der Waals surface area contributed by atoms with E-state index in [2.05, 4.69) is 5.32 Å². The number of nitrogens with one attached hydrogen (secondary N) is 1. The molecule has 2 atom stereocenters. The molecule has 108 valence electrons. The lowest BCUT2D eigenvalue weighted by Crippen LogP contribution is -2.53. The van der Waals surface area contributed by atoms with Crippen molar-refractivity contribution in [2.45, 2.75) is 52.6 Å². The predicted octanol–water partition coefficient (Wildman–Crippen LogP) is 0.0135. The van der Waals surface area contributed by atoms with Crippen molar-refractivity contribution in [1.29, 1.82) is 0 Å². The van der Waals surface area contributed by atoms with Gasteiger partial charge >= 0.3 is 0 Å². The molecule has 1 saturated heterocycles. The Morgan fingerprint density at radius 3 is 2.37 bits per heavy atom. The van der Waals surface area contributed by atoms with Crippen LogP contribution in [0.5, 0.6) is 0 Å². The summed E-state index contributed by atoms with van der Waals surface area (Å²) in [6.07, 6.45) is 1.36. The summed E-state index contributed by atoms with van der Waals surface area (Å²) in [4.78, 5) is 36.8. The highest BCUT2D eigenvalue weighted by molar-refractivity contribution is 5.92. The molecule has 0 aliphatic carbocycles. The van der Waals surface area contributed by atoms with Crippen LogP contribution in [-0.2, 0) is 14.4 Å². The van der Waals surface area contributed by atoms with Gasteiger partial charge in [-0.25, -0.2) is 0 Å². The van der Waals surface area contributed by atoms with Gasteiger partial charge in [-0.05, 0) is 19.8 Å². The van der Waals surface area contributed by atoms with Crippen LogP contribution in [0, 0.1) is 5.41 Å². The van der Waals surface area contributed by atoms with E-state index < -0.39 is 23.4 Å². The molecule has 3 N–H and O–H groups in total. The summed E-state index contributed by atoms with van der Waals surface area (Å²) >= 11 is 0. The summed E-state index contributed by atoms with van der Waals surface area (Å²) in [5.74, 6) is -0.928. The molecule has 19 heavy (non-hydrogen) atoms. The maximum absolute atomic E-state index is 12.2. The highest BCUT2D eigenvalue weighted by atomic mass is 16.2. The Hall–Kier alpha value is -1.59. The van der Waals surface area contributed by atoms with Crippen molar-refractivity contribution in [3.05, 3.63) is 0 Å². The number of primary amides is 1. The van der Waals surface area contributed by atoms with Gasteiger partial charge in [0, 0.05) is 12.0 Å². The fourth-order valence-corrected chi connectivity index (χ4v) is 2.05. The topological polar surface area (TPSA) is 92.5 Å². The Morgan fingerprint density at radius 1 is 1.32 bits per heavy atom. The van der Waals surface area contributed by atoms with E-state index in [1.54, 1.807) is 27.7 Å². The average molecular weight is 269 g/mol. The molecule has 0 radical (unpaired) electrons. The molecule has 0 bridgehead atoms. The lowest BCUT2D eigenvalue weighted by Gasteiger charge is -2.27. The van der Waals surface area contributed by atoms with Gasteiger partial charge in [0.05, 0.1) is 0 Å². The summed E-state index contributed by atoms with van der Waals surface area (Å²) in [7, 11) is 0. The van der Waals surface area contributed by atoms with Gasteiger partial charge in [0.1, 0.15) is 12.1 Å². The quantitative estimate of drug-likeness (QED) is 0.756. The van der Waals surface area contributed by atoms with Crippen LogP contribution >= 0.6 is 0 Å². The van der Waals surface area contributed by atoms with Crippen molar-refractivity contribution in [3.8, 4) is 0 Å². The van der Waals surface area contributed by atoms with Crippen molar-refractivity contribution in [2.75, 3.05) is 6.54 Å². The summed E-state index contributed by atoms with van der Waals surface area (Å²) in [6.45, 7) is 7.48. The fourth-order valence-electron chi connectivity index (χ4n) is 2.05. The number of hydrogen-bond donors (Lipinski definition) is 2. The third-order valence-corrected chi connectivity index (χ3v) is 3.26. The molecule has 0 aromatic rings. The first kappa shape index (κ1) is 15.5. The largest absolute Gasteiger partial charge is 0.368 e. The molecule has 0 saturated carbocycles. The number of carbonyl (C=O) groups excluding carboxylic acids is 3. The molecular weight excluding hydrogens is 246 g/mol. The monoisotopic (exact) mass is 269 g/mol. The van der Waals surface area contributed by atoms with E-state index in [-0.39, 0.29) is 11.8 Å². The van der Waals surface area contributed by atoms with Gasteiger partial charge in [-0.3, -0.25) is 14.4 Å². The molecular formula is C13H23N3O3.